The van der Waals surface area contributed by atoms with E-state index in [0.717, 1.165) is 10.5 Å². The Morgan fingerprint density at radius 1 is 1.38 bits per heavy atom. The van der Waals surface area contributed by atoms with Crippen LogP contribution in [-0.2, 0) is 11.3 Å². The Balaban J connectivity index is 2.11. The Morgan fingerprint density at radius 2 is 2.00 bits per heavy atom. The van der Waals surface area contributed by atoms with Gasteiger partial charge in [-0.1, -0.05) is 30.3 Å². The summed E-state index contributed by atoms with van der Waals surface area (Å²) >= 11 is 0. The topological polar surface area (TPSA) is 40.5 Å². The zero-order chi connectivity index (χ0) is 11.8. The van der Waals surface area contributed by atoms with Crippen LogP contribution in [0.4, 0.5) is 8.78 Å². The van der Waals surface area contributed by atoms with Gasteiger partial charge in [-0.2, -0.15) is 8.78 Å². The summed E-state index contributed by atoms with van der Waals surface area (Å²) in [7, 11) is 0. The van der Waals surface area contributed by atoms with Crippen molar-refractivity contribution in [1.82, 2.24) is 4.90 Å². The fourth-order valence-corrected chi connectivity index (χ4v) is 1.70. The fourth-order valence-electron chi connectivity index (χ4n) is 1.70. The summed E-state index contributed by atoms with van der Waals surface area (Å²) in [5.41, 5.74) is 0.765. The molecule has 1 aliphatic heterocycles. The third-order valence-electron chi connectivity index (χ3n) is 2.60. The second-order valence-corrected chi connectivity index (χ2v) is 3.81. The van der Waals surface area contributed by atoms with Crippen molar-refractivity contribution >= 4 is 5.91 Å². The second kappa shape index (κ2) is 3.83. The molecule has 1 aromatic carbocycles. The maximum absolute atomic E-state index is 13.0. The lowest BCUT2D eigenvalue weighted by Gasteiger charge is -2.15. The first kappa shape index (κ1) is 11.0. The number of nitrogens with zero attached hydrogens (tertiary/aromatic N) is 1. The van der Waals surface area contributed by atoms with Gasteiger partial charge in [-0.25, -0.2) is 0 Å². The third kappa shape index (κ3) is 1.78. The number of halogens is 2. The van der Waals surface area contributed by atoms with Crippen LogP contribution >= 0.6 is 0 Å². The fraction of sp³-hybridized carbons (Fsp3) is 0.364. The predicted molar refractivity (Wildman–Crippen MR) is 52.8 cm³/mol. The van der Waals surface area contributed by atoms with E-state index in [2.05, 4.69) is 0 Å². The maximum atomic E-state index is 13.0. The molecule has 1 fully saturated rings. The van der Waals surface area contributed by atoms with E-state index >= 15 is 0 Å². The minimum Gasteiger partial charge on any atom is -0.384 e. The van der Waals surface area contributed by atoms with Crippen molar-refractivity contribution < 1.29 is 18.7 Å². The summed E-state index contributed by atoms with van der Waals surface area (Å²) in [6.07, 6.45) is -1.90. The number of amides is 1. The summed E-state index contributed by atoms with van der Waals surface area (Å²) in [4.78, 5) is 12.2. The van der Waals surface area contributed by atoms with Gasteiger partial charge in [0.05, 0.1) is 6.54 Å². The number of carbonyl (C=O) groups is 1. The molecule has 1 amide bonds. The molecular weight excluding hydrogens is 216 g/mol. The highest BCUT2D eigenvalue weighted by molar-refractivity contribution is 5.86. The molecule has 0 saturated carbocycles. The van der Waals surface area contributed by atoms with E-state index in [0.29, 0.717) is 0 Å². The molecule has 16 heavy (non-hydrogen) atoms. The van der Waals surface area contributed by atoms with E-state index in [1.807, 2.05) is 0 Å². The zero-order valence-corrected chi connectivity index (χ0v) is 8.44. The average molecular weight is 227 g/mol. The number of rotatable bonds is 2. The van der Waals surface area contributed by atoms with Gasteiger partial charge in [0.1, 0.15) is 6.10 Å². The number of benzene rings is 1. The molecule has 3 nitrogen and oxygen atoms in total. The van der Waals surface area contributed by atoms with Crippen LogP contribution in [0.1, 0.15) is 5.56 Å². The highest BCUT2D eigenvalue weighted by Crippen LogP contribution is 2.29. The number of likely N-dealkylation sites (tertiary alicyclic amines) is 1. The molecule has 0 aliphatic carbocycles. The van der Waals surface area contributed by atoms with Crippen LogP contribution in [0.3, 0.4) is 0 Å². The molecular formula is C11H11F2NO2. The summed E-state index contributed by atoms with van der Waals surface area (Å²) in [5, 5.41) is 9.06. The summed E-state index contributed by atoms with van der Waals surface area (Å²) in [6, 6.07) is 8.83. The minimum atomic E-state index is -3.64. The number of β-amino-alcohol motifs (C(OH)–C–C–N with tert-alkyl or cyclic N) is 1. The monoisotopic (exact) mass is 227 g/mol. The highest BCUT2D eigenvalue weighted by Gasteiger charge is 2.55. The Bertz CT molecular complexity index is 394. The lowest BCUT2D eigenvalue weighted by atomic mass is 10.2. The summed E-state index contributed by atoms with van der Waals surface area (Å²) in [5.74, 6) is -4.95. The van der Waals surface area contributed by atoms with Crippen molar-refractivity contribution in [3.63, 3.8) is 0 Å². The number of aliphatic hydroxyl groups is 1. The first-order valence-electron chi connectivity index (χ1n) is 4.91. The van der Waals surface area contributed by atoms with Crippen molar-refractivity contribution in [2.45, 2.75) is 18.6 Å². The van der Waals surface area contributed by atoms with Crippen LogP contribution in [0.15, 0.2) is 30.3 Å². The molecule has 1 atom stereocenters. The zero-order valence-electron chi connectivity index (χ0n) is 8.44. The third-order valence-corrected chi connectivity index (χ3v) is 2.60. The molecule has 0 spiro atoms. The molecule has 1 aromatic rings. The molecule has 1 saturated heterocycles. The maximum Gasteiger partial charge on any atom is 0.351 e. The summed E-state index contributed by atoms with van der Waals surface area (Å²) in [6.45, 7) is -0.215. The molecule has 0 aromatic heterocycles. The number of aliphatic hydroxyl groups excluding tert-OH is 1. The smallest absolute Gasteiger partial charge is 0.351 e. The SMILES string of the molecule is O=C1N(Cc2ccccc2)C[C@@H](O)C1(F)F. The minimum absolute atomic E-state index is 0.103. The first-order valence-corrected chi connectivity index (χ1v) is 4.91. The lowest BCUT2D eigenvalue weighted by molar-refractivity contribution is -0.155. The Kier molecular flexibility index (Phi) is 2.63. The molecule has 0 radical (unpaired) electrons. The molecule has 86 valence electrons. The summed E-state index contributed by atoms with van der Waals surface area (Å²) < 4.78 is 26.1. The van der Waals surface area contributed by atoms with E-state index < -0.39 is 17.9 Å². The van der Waals surface area contributed by atoms with Gasteiger partial charge < -0.3 is 10.0 Å². The molecule has 1 aliphatic rings. The van der Waals surface area contributed by atoms with Crippen LogP contribution < -0.4 is 0 Å². The Labute approximate surface area is 91.3 Å². The normalized spacial score (nSPS) is 23.8. The van der Waals surface area contributed by atoms with Gasteiger partial charge in [0.15, 0.2) is 0 Å². The van der Waals surface area contributed by atoms with Gasteiger partial charge >= 0.3 is 5.92 Å². The largest absolute Gasteiger partial charge is 0.384 e. The van der Waals surface area contributed by atoms with Crippen LogP contribution in [-0.4, -0.2) is 34.5 Å². The number of alkyl halides is 2. The van der Waals surface area contributed by atoms with Crippen molar-refractivity contribution in [2.24, 2.45) is 0 Å². The van der Waals surface area contributed by atoms with Crippen molar-refractivity contribution in [2.75, 3.05) is 6.54 Å². The average Bonchev–Trinajstić information content (AvgIpc) is 2.45. The highest BCUT2D eigenvalue weighted by atomic mass is 19.3. The van der Waals surface area contributed by atoms with E-state index in [-0.39, 0.29) is 13.1 Å². The van der Waals surface area contributed by atoms with Crippen LogP contribution in [0.2, 0.25) is 0 Å². The van der Waals surface area contributed by atoms with Gasteiger partial charge in [-0.3, -0.25) is 4.79 Å². The van der Waals surface area contributed by atoms with Gasteiger partial charge in [-0.15, -0.1) is 0 Å². The Hall–Kier alpha value is -1.49. The van der Waals surface area contributed by atoms with E-state index in [4.69, 9.17) is 5.11 Å². The van der Waals surface area contributed by atoms with Gasteiger partial charge in [0, 0.05) is 6.54 Å². The van der Waals surface area contributed by atoms with Crippen LogP contribution in [0, 0.1) is 0 Å². The number of carbonyl (C=O) groups excluding carboxylic acids is 1. The standard InChI is InChI=1S/C11H11F2NO2/c12-11(13)9(15)7-14(10(11)16)6-8-4-2-1-3-5-8/h1-5,9,15H,6-7H2/t9-/m1/s1. The predicted octanol–water partition coefficient (Wildman–Crippen LogP) is 1.02. The van der Waals surface area contributed by atoms with Crippen LogP contribution in [0.25, 0.3) is 0 Å². The van der Waals surface area contributed by atoms with Crippen molar-refractivity contribution in [3.05, 3.63) is 35.9 Å². The molecule has 0 bridgehead atoms. The molecule has 1 N–H and O–H groups in total. The Morgan fingerprint density at radius 3 is 2.50 bits per heavy atom. The van der Waals surface area contributed by atoms with Crippen molar-refractivity contribution in [1.29, 1.82) is 0 Å². The van der Waals surface area contributed by atoms with Crippen molar-refractivity contribution in [3.8, 4) is 0 Å². The van der Waals surface area contributed by atoms with Gasteiger partial charge in [-0.05, 0) is 5.56 Å². The molecule has 0 unspecified atom stereocenters. The van der Waals surface area contributed by atoms with Crippen LogP contribution in [0.5, 0.6) is 0 Å². The lowest BCUT2D eigenvalue weighted by Crippen LogP contribution is -2.36. The molecule has 5 heteroatoms. The van der Waals surface area contributed by atoms with E-state index in [9.17, 15) is 13.6 Å². The molecule has 1 heterocycles. The van der Waals surface area contributed by atoms with E-state index in [1.165, 1.54) is 0 Å². The van der Waals surface area contributed by atoms with E-state index in [1.54, 1.807) is 30.3 Å². The second-order valence-electron chi connectivity index (χ2n) is 3.81. The molecule has 2 rings (SSSR count). The first-order chi connectivity index (χ1) is 7.51. The quantitative estimate of drug-likeness (QED) is 0.819. The number of hydrogen-bond donors (Lipinski definition) is 1. The van der Waals surface area contributed by atoms with Gasteiger partial charge in [0.25, 0.3) is 5.91 Å². The number of hydrogen-bond acceptors (Lipinski definition) is 2. The van der Waals surface area contributed by atoms with Gasteiger partial charge in [0.2, 0.25) is 0 Å².